The monoisotopic (exact) mass is 375 g/mol. The first kappa shape index (κ1) is 17.2. The van der Waals surface area contributed by atoms with Crippen LogP contribution in [0.2, 0.25) is 0 Å². The maximum Gasteiger partial charge on any atom is 0.191 e. The second kappa shape index (κ2) is 7.56. The molecule has 134 valence electrons. The predicted molar refractivity (Wildman–Crippen MR) is 107 cm³/mol. The van der Waals surface area contributed by atoms with Crippen LogP contribution in [0.25, 0.3) is 22.7 Å². The van der Waals surface area contributed by atoms with Crippen molar-refractivity contribution < 1.29 is 4.42 Å². The molecular formula is C20H17N5OS. The number of benzene rings is 1. The minimum Gasteiger partial charge on any atom is -0.461 e. The van der Waals surface area contributed by atoms with Crippen molar-refractivity contribution in [1.29, 1.82) is 0 Å². The van der Waals surface area contributed by atoms with E-state index in [0.717, 1.165) is 12.2 Å². The van der Waals surface area contributed by atoms with Gasteiger partial charge in [0.25, 0.3) is 0 Å². The Kier molecular flexibility index (Phi) is 4.81. The van der Waals surface area contributed by atoms with Gasteiger partial charge in [0, 0.05) is 5.75 Å². The Morgan fingerprint density at radius 3 is 2.70 bits per heavy atom. The summed E-state index contributed by atoms with van der Waals surface area (Å²) in [5.74, 6) is 5.04. The molecule has 4 rings (SSSR count). The second-order valence-electron chi connectivity index (χ2n) is 5.85. The molecule has 0 aliphatic heterocycles. The summed E-state index contributed by atoms with van der Waals surface area (Å²) in [6.45, 7) is 0.317. The van der Waals surface area contributed by atoms with E-state index < -0.39 is 0 Å². The summed E-state index contributed by atoms with van der Waals surface area (Å²) in [4.78, 5) is 13.6. The van der Waals surface area contributed by atoms with E-state index in [4.69, 9.17) is 16.6 Å². The molecule has 3 heterocycles. The molecule has 27 heavy (non-hydrogen) atoms. The number of imidazole rings is 1. The smallest absolute Gasteiger partial charge is 0.191 e. The molecule has 0 bridgehead atoms. The number of nitrogens with two attached hydrogens (primary N) is 1. The maximum absolute atomic E-state index is 6.15. The van der Waals surface area contributed by atoms with Crippen LogP contribution in [0.4, 0.5) is 5.82 Å². The first-order valence-corrected chi connectivity index (χ1v) is 9.42. The number of aromatic nitrogens is 4. The third-order valence-electron chi connectivity index (χ3n) is 4.06. The third kappa shape index (κ3) is 3.52. The van der Waals surface area contributed by atoms with Crippen LogP contribution in [0, 0.1) is 12.3 Å². The standard InChI is InChI=1S/C20H17N5OS/c1-2-11-25-18(15-9-6-12-26-15)22-16-17(21)23-20(24-19(16)25)27-13-10-14-7-4-3-5-8-14/h1,3-9,12H,10-11,13H2,(H2,21,23,24). The highest BCUT2D eigenvalue weighted by molar-refractivity contribution is 7.99. The summed E-state index contributed by atoms with van der Waals surface area (Å²) >= 11 is 1.56. The first-order valence-electron chi connectivity index (χ1n) is 8.44. The third-order valence-corrected chi connectivity index (χ3v) is 4.91. The molecule has 0 aliphatic rings. The van der Waals surface area contributed by atoms with Crippen molar-refractivity contribution in [3.63, 3.8) is 0 Å². The highest BCUT2D eigenvalue weighted by Crippen LogP contribution is 2.28. The molecule has 0 unspecified atom stereocenters. The molecular weight excluding hydrogens is 358 g/mol. The molecule has 1 aromatic carbocycles. The van der Waals surface area contributed by atoms with Gasteiger partial charge in [-0.2, -0.15) is 0 Å². The van der Waals surface area contributed by atoms with Crippen molar-refractivity contribution in [1.82, 2.24) is 19.5 Å². The van der Waals surface area contributed by atoms with Crippen LogP contribution in [0.15, 0.2) is 58.3 Å². The van der Waals surface area contributed by atoms with E-state index >= 15 is 0 Å². The number of rotatable bonds is 6. The molecule has 4 aromatic rings. The van der Waals surface area contributed by atoms with Crippen LogP contribution in [-0.4, -0.2) is 25.3 Å². The zero-order valence-electron chi connectivity index (χ0n) is 14.5. The number of anilines is 1. The molecule has 0 amide bonds. The van der Waals surface area contributed by atoms with Gasteiger partial charge in [0.1, 0.15) is 0 Å². The lowest BCUT2D eigenvalue weighted by atomic mass is 10.2. The molecule has 0 atom stereocenters. The number of hydrogen-bond acceptors (Lipinski definition) is 6. The van der Waals surface area contributed by atoms with Crippen molar-refractivity contribution in [2.45, 2.75) is 18.1 Å². The number of fused-ring (bicyclic) bond motifs is 1. The quantitative estimate of drug-likeness (QED) is 0.315. The average Bonchev–Trinajstić information content (AvgIpc) is 3.32. The number of nitrogen functional groups attached to an aromatic ring is 1. The van der Waals surface area contributed by atoms with Gasteiger partial charge in [-0.15, -0.1) is 6.42 Å². The van der Waals surface area contributed by atoms with E-state index in [2.05, 4.69) is 33.0 Å². The van der Waals surface area contributed by atoms with E-state index in [0.29, 0.717) is 40.3 Å². The van der Waals surface area contributed by atoms with Crippen LogP contribution < -0.4 is 5.73 Å². The number of terminal acetylenes is 1. The van der Waals surface area contributed by atoms with E-state index in [1.807, 2.05) is 28.8 Å². The lowest BCUT2D eigenvalue weighted by Gasteiger charge is -2.05. The highest BCUT2D eigenvalue weighted by atomic mass is 32.2. The Bertz CT molecular complexity index is 1100. The Morgan fingerprint density at radius 2 is 1.96 bits per heavy atom. The first-order chi connectivity index (χ1) is 13.3. The van der Waals surface area contributed by atoms with E-state index in [-0.39, 0.29) is 0 Å². The van der Waals surface area contributed by atoms with Gasteiger partial charge < -0.3 is 10.2 Å². The van der Waals surface area contributed by atoms with Crippen molar-refractivity contribution in [3.05, 3.63) is 54.3 Å². The molecule has 7 heteroatoms. The maximum atomic E-state index is 6.15. The van der Waals surface area contributed by atoms with Gasteiger partial charge in [-0.25, -0.2) is 15.0 Å². The average molecular weight is 375 g/mol. The van der Waals surface area contributed by atoms with Crippen LogP contribution in [-0.2, 0) is 13.0 Å². The number of nitrogens with zero attached hydrogens (tertiary/aromatic N) is 4. The fourth-order valence-electron chi connectivity index (χ4n) is 2.81. The number of furan rings is 1. The van der Waals surface area contributed by atoms with Gasteiger partial charge in [-0.05, 0) is 24.1 Å². The van der Waals surface area contributed by atoms with Crippen molar-refractivity contribution in [2.75, 3.05) is 11.5 Å². The van der Waals surface area contributed by atoms with Crippen LogP contribution in [0.5, 0.6) is 0 Å². The molecule has 0 saturated carbocycles. The lowest BCUT2D eigenvalue weighted by Crippen LogP contribution is -2.02. The van der Waals surface area contributed by atoms with Gasteiger partial charge in [-0.3, -0.25) is 4.57 Å². The largest absolute Gasteiger partial charge is 0.461 e. The molecule has 2 N–H and O–H groups in total. The summed E-state index contributed by atoms with van der Waals surface area (Å²) in [6, 6.07) is 13.9. The molecule has 3 aromatic heterocycles. The van der Waals surface area contributed by atoms with Crippen molar-refractivity contribution in [2.24, 2.45) is 0 Å². The van der Waals surface area contributed by atoms with Gasteiger partial charge in [0.05, 0.1) is 12.8 Å². The van der Waals surface area contributed by atoms with E-state index in [1.54, 1.807) is 24.1 Å². The summed E-state index contributed by atoms with van der Waals surface area (Å²) < 4.78 is 7.30. The Balaban J connectivity index is 1.65. The summed E-state index contributed by atoms with van der Waals surface area (Å²) in [5.41, 5.74) is 8.57. The Hall–Kier alpha value is -3.24. The topological polar surface area (TPSA) is 82.8 Å². The van der Waals surface area contributed by atoms with Crippen molar-refractivity contribution >= 4 is 28.7 Å². The van der Waals surface area contributed by atoms with Gasteiger partial charge >= 0.3 is 0 Å². The highest BCUT2D eigenvalue weighted by Gasteiger charge is 2.19. The number of thioether (sulfide) groups is 1. The lowest BCUT2D eigenvalue weighted by molar-refractivity contribution is 0.573. The van der Waals surface area contributed by atoms with Crippen molar-refractivity contribution in [3.8, 4) is 23.9 Å². The fourth-order valence-corrected chi connectivity index (χ4v) is 3.64. The summed E-state index contributed by atoms with van der Waals surface area (Å²) in [7, 11) is 0. The molecule has 6 nitrogen and oxygen atoms in total. The predicted octanol–water partition coefficient (Wildman–Crippen LogP) is 3.64. The van der Waals surface area contributed by atoms with Gasteiger partial charge in [0.15, 0.2) is 33.7 Å². The van der Waals surface area contributed by atoms with E-state index in [1.165, 1.54) is 5.56 Å². The van der Waals surface area contributed by atoms with Gasteiger partial charge in [0.2, 0.25) is 0 Å². The molecule has 0 fully saturated rings. The molecule has 0 spiro atoms. The zero-order valence-corrected chi connectivity index (χ0v) is 15.3. The SMILES string of the molecule is C#CCn1c(-c2ccco2)nc2c(N)nc(SCCc3ccccc3)nc21. The zero-order chi connectivity index (χ0) is 18.6. The normalized spacial score (nSPS) is 10.9. The fraction of sp³-hybridized carbons (Fsp3) is 0.150. The van der Waals surface area contributed by atoms with Crippen LogP contribution >= 0.6 is 11.8 Å². The Morgan fingerprint density at radius 1 is 1.11 bits per heavy atom. The van der Waals surface area contributed by atoms with Crippen LogP contribution in [0.1, 0.15) is 5.56 Å². The minimum atomic E-state index is 0.317. The second-order valence-corrected chi connectivity index (χ2v) is 6.91. The summed E-state index contributed by atoms with van der Waals surface area (Å²) in [5, 5.41) is 0.611. The van der Waals surface area contributed by atoms with Gasteiger partial charge in [-0.1, -0.05) is 48.0 Å². The molecule has 0 aliphatic carbocycles. The number of aryl methyl sites for hydroxylation is 1. The van der Waals surface area contributed by atoms with E-state index in [9.17, 15) is 0 Å². The molecule has 0 radical (unpaired) electrons. The van der Waals surface area contributed by atoms with Crippen LogP contribution in [0.3, 0.4) is 0 Å². The summed E-state index contributed by atoms with van der Waals surface area (Å²) in [6.07, 6.45) is 8.06. The minimum absolute atomic E-state index is 0.317. The molecule has 0 saturated heterocycles. The Labute approximate surface area is 160 Å². The number of hydrogen-bond donors (Lipinski definition) is 1.